The molecule has 0 spiro atoms. The van der Waals surface area contributed by atoms with Gasteiger partial charge in [0.05, 0.1) is 12.7 Å². The zero-order valence-electron chi connectivity index (χ0n) is 9.95. The van der Waals surface area contributed by atoms with E-state index >= 15 is 0 Å². The molecule has 2 fully saturated rings. The molecule has 0 saturated carbocycles. The predicted octanol–water partition coefficient (Wildman–Crippen LogP) is 1.52. The molecule has 88 valence electrons. The highest BCUT2D eigenvalue weighted by molar-refractivity contribution is 4.85. The van der Waals surface area contributed by atoms with Crippen molar-refractivity contribution in [2.45, 2.75) is 38.3 Å². The molecule has 0 radical (unpaired) electrons. The van der Waals surface area contributed by atoms with Gasteiger partial charge < -0.3 is 9.47 Å². The Balaban J connectivity index is 1.90. The first-order valence-corrected chi connectivity index (χ1v) is 6.16. The van der Waals surface area contributed by atoms with Crippen molar-refractivity contribution in [1.29, 1.82) is 0 Å². The van der Waals surface area contributed by atoms with E-state index in [-0.39, 0.29) is 6.10 Å². The summed E-state index contributed by atoms with van der Waals surface area (Å²) >= 11 is 0. The van der Waals surface area contributed by atoms with Gasteiger partial charge in [0.15, 0.2) is 0 Å². The fourth-order valence-electron chi connectivity index (χ4n) is 2.70. The molecule has 2 aliphatic rings. The minimum atomic E-state index is 0.284. The second kappa shape index (κ2) is 5.28. The Morgan fingerprint density at radius 1 is 1.20 bits per heavy atom. The van der Waals surface area contributed by atoms with Crippen LogP contribution in [0.15, 0.2) is 0 Å². The van der Waals surface area contributed by atoms with Crippen LogP contribution >= 0.6 is 0 Å². The standard InChI is InChI=1S/C12H23NO2/c1-10-3-6-13(7-4-10)11-5-8-15-9-12(11)14-2/h10-12H,3-9H2,1-2H3. The van der Waals surface area contributed by atoms with Crippen LogP contribution in [0.5, 0.6) is 0 Å². The van der Waals surface area contributed by atoms with Crippen molar-refractivity contribution in [2.24, 2.45) is 5.92 Å². The summed E-state index contributed by atoms with van der Waals surface area (Å²) in [6.07, 6.45) is 4.10. The van der Waals surface area contributed by atoms with Crippen LogP contribution in [-0.4, -0.2) is 50.5 Å². The lowest BCUT2D eigenvalue weighted by atomic mass is 9.95. The summed E-state index contributed by atoms with van der Waals surface area (Å²) in [5, 5.41) is 0. The van der Waals surface area contributed by atoms with Gasteiger partial charge >= 0.3 is 0 Å². The molecule has 0 aromatic rings. The molecule has 2 aliphatic heterocycles. The highest BCUT2D eigenvalue weighted by Crippen LogP contribution is 2.23. The average molecular weight is 213 g/mol. The van der Waals surface area contributed by atoms with Crippen LogP contribution in [-0.2, 0) is 9.47 Å². The smallest absolute Gasteiger partial charge is 0.0960 e. The predicted molar refractivity (Wildman–Crippen MR) is 60.0 cm³/mol. The summed E-state index contributed by atoms with van der Waals surface area (Å²) in [4.78, 5) is 2.61. The summed E-state index contributed by atoms with van der Waals surface area (Å²) in [5.41, 5.74) is 0. The Bertz CT molecular complexity index is 190. The van der Waals surface area contributed by atoms with E-state index in [1.165, 1.54) is 25.9 Å². The fourth-order valence-corrected chi connectivity index (χ4v) is 2.70. The zero-order chi connectivity index (χ0) is 10.7. The third-order valence-electron chi connectivity index (χ3n) is 3.86. The molecule has 2 heterocycles. The van der Waals surface area contributed by atoms with Crippen molar-refractivity contribution >= 4 is 0 Å². The molecular weight excluding hydrogens is 190 g/mol. The first kappa shape index (κ1) is 11.4. The van der Waals surface area contributed by atoms with Crippen molar-refractivity contribution in [1.82, 2.24) is 4.90 Å². The minimum Gasteiger partial charge on any atom is -0.379 e. The van der Waals surface area contributed by atoms with Crippen LogP contribution in [0, 0.1) is 5.92 Å². The van der Waals surface area contributed by atoms with E-state index in [2.05, 4.69) is 11.8 Å². The maximum Gasteiger partial charge on any atom is 0.0960 e. The summed E-state index contributed by atoms with van der Waals surface area (Å²) in [5.74, 6) is 0.905. The quantitative estimate of drug-likeness (QED) is 0.694. The van der Waals surface area contributed by atoms with E-state index in [1.54, 1.807) is 7.11 Å². The van der Waals surface area contributed by atoms with Gasteiger partial charge in [0.2, 0.25) is 0 Å². The number of hydrogen-bond donors (Lipinski definition) is 0. The van der Waals surface area contributed by atoms with E-state index in [4.69, 9.17) is 9.47 Å². The summed E-state index contributed by atoms with van der Waals surface area (Å²) < 4.78 is 11.0. The lowest BCUT2D eigenvalue weighted by molar-refractivity contribution is -0.0879. The first-order valence-electron chi connectivity index (χ1n) is 6.16. The van der Waals surface area contributed by atoms with Gasteiger partial charge in [-0.2, -0.15) is 0 Å². The van der Waals surface area contributed by atoms with Crippen molar-refractivity contribution in [3.63, 3.8) is 0 Å². The van der Waals surface area contributed by atoms with Gasteiger partial charge in [0.25, 0.3) is 0 Å². The SMILES string of the molecule is COC1COCCC1N1CCC(C)CC1. The third kappa shape index (κ3) is 2.71. The maximum absolute atomic E-state index is 5.52. The number of ether oxygens (including phenoxy) is 2. The average Bonchev–Trinajstić information content (AvgIpc) is 2.30. The molecule has 0 aliphatic carbocycles. The molecule has 0 bridgehead atoms. The molecule has 2 unspecified atom stereocenters. The van der Waals surface area contributed by atoms with Crippen molar-refractivity contribution < 1.29 is 9.47 Å². The summed E-state index contributed by atoms with van der Waals surface area (Å²) in [6.45, 7) is 6.51. The highest BCUT2D eigenvalue weighted by atomic mass is 16.5. The molecule has 0 aromatic heterocycles. The first-order chi connectivity index (χ1) is 7.31. The Morgan fingerprint density at radius 3 is 2.60 bits per heavy atom. The van der Waals surface area contributed by atoms with Crippen LogP contribution in [0.3, 0.4) is 0 Å². The largest absolute Gasteiger partial charge is 0.379 e. The number of rotatable bonds is 2. The fraction of sp³-hybridized carbons (Fsp3) is 1.00. The molecular formula is C12H23NO2. The molecule has 3 nitrogen and oxygen atoms in total. The van der Waals surface area contributed by atoms with Gasteiger partial charge in [-0.25, -0.2) is 0 Å². The van der Waals surface area contributed by atoms with Crippen molar-refractivity contribution in [3.05, 3.63) is 0 Å². The van der Waals surface area contributed by atoms with E-state index in [0.29, 0.717) is 6.04 Å². The third-order valence-corrected chi connectivity index (χ3v) is 3.86. The number of piperidine rings is 1. The van der Waals surface area contributed by atoms with Gasteiger partial charge in [-0.15, -0.1) is 0 Å². The summed E-state index contributed by atoms with van der Waals surface area (Å²) in [7, 11) is 1.80. The monoisotopic (exact) mass is 213 g/mol. The van der Waals surface area contributed by atoms with Crippen LogP contribution < -0.4 is 0 Å². The molecule has 15 heavy (non-hydrogen) atoms. The molecule has 0 aromatic carbocycles. The Morgan fingerprint density at radius 2 is 1.93 bits per heavy atom. The number of likely N-dealkylation sites (tertiary alicyclic amines) is 1. The van der Waals surface area contributed by atoms with Crippen LogP contribution in [0.2, 0.25) is 0 Å². The molecule has 0 N–H and O–H groups in total. The normalized spacial score (nSPS) is 35.6. The Kier molecular flexibility index (Phi) is 4.00. The van der Waals surface area contributed by atoms with Gasteiger partial charge in [0, 0.05) is 19.8 Å². The van der Waals surface area contributed by atoms with E-state index in [9.17, 15) is 0 Å². The highest BCUT2D eigenvalue weighted by Gasteiger charge is 2.32. The van der Waals surface area contributed by atoms with Crippen LogP contribution in [0.4, 0.5) is 0 Å². The van der Waals surface area contributed by atoms with Gasteiger partial charge in [-0.3, -0.25) is 4.90 Å². The lowest BCUT2D eigenvalue weighted by Crippen LogP contribution is -2.52. The molecule has 2 atom stereocenters. The van der Waals surface area contributed by atoms with Gasteiger partial charge in [-0.1, -0.05) is 6.92 Å². The van der Waals surface area contributed by atoms with E-state index < -0.39 is 0 Å². The summed E-state index contributed by atoms with van der Waals surface area (Å²) in [6, 6.07) is 0.594. The number of methoxy groups -OCH3 is 1. The van der Waals surface area contributed by atoms with Crippen LogP contribution in [0.1, 0.15) is 26.2 Å². The van der Waals surface area contributed by atoms with E-state index in [1.807, 2.05) is 0 Å². The Labute approximate surface area is 92.7 Å². The Hall–Kier alpha value is -0.120. The van der Waals surface area contributed by atoms with Crippen molar-refractivity contribution in [2.75, 3.05) is 33.4 Å². The topological polar surface area (TPSA) is 21.7 Å². The molecule has 0 amide bonds. The van der Waals surface area contributed by atoms with Gasteiger partial charge in [-0.05, 0) is 38.3 Å². The number of hydrogen-bond acceptors (Lipinski definition) is 3. The lowest BCUT2D eigenvalue weighted by Gasteiger charge is -2.42. The minimum absolute atomic E-state index is 0.284. The zero-order valence-corrected chi connectivity index (χ0v) is 9.95. The van der Waals surface area contributed by atoms with E-state index in [0.717, 1.165) is 25.6 Å². The second-order valence-corrected chi connectivity index (χ2v) is 4.92. The van der Waals surface area contributed by atoms with Gasteiger partial charge in [0.1, 0.15) is 0 Å². The molecule has 2 rings (SSSR count). The van der Waals surface area contributed by atoms with Crippen LogP contribution in [0.25, 0.3) is 0 Å². The molecule has 3 heteroatoms. The number of nitrogens with zero attached hydrogens (tertiary/aromatic N) is 1. The van der Waals surface area contributed by atoms with Crippen molar-refractivity contribution in [3.8, 4) is 0 Å². The molecule has 2 saturated heterocycles. The second-order valence-electron chi connectivity index (χ2n) is 4.92. The maximum atomic E-state index is 5.52.